The predicted octanol–water partition coefficient (Wildman–Crippen LogP) is 1.67. The molecule has 2 aromatic heterocycles. The molecule has 4 heteroatoms. The summed E-state index contributed by atoms with van der Waals surface area (Å²) in [5, 5.41) is 4.98. The number of hydrogen-bond donors (Lipinski definition) is 1. The Morgan fingerprint density at radius 3 is 3.00 bits per heavy atom. The molecule has 1 N–H and O–H groups in total. The minimum Gasteiger partial charge on any atom is -0.355 e. The van der Waals surface area contributed by atoms with E-state index in [1.165, 1.54) is 6.20 Å². The van der Waals surface area contributed by atoms with Gasteiger partial charge in [0.15, 0.2) is 5.58 Å². The SMILES string of the molecule is O=c1[nH]c2ccccc2c2oncc12. The quantitative estimate of drug-likeness (QED) is 0.581. The van der Waals surface area contributed by atoms with Gasteiger partial charge in [-0.25, -0.2) is 0 Å². The third-order valence-corrected chi connectivity index (χ3v) is 2.23. The highest BCUT2D eigenvalue weighted by atomic mass is 16.5. The first-order chi connectivity index (χ1) is 6.86. The lowest BCUT2D eigenvalue weighted by Crippen LogP contribution is -2.04. The van der Waals surface area contributed by atoms with E-state index in [4.69, 9.17) is 4.52 Å². The Labute approximate surface area is 78.1 Å². The number of para-hydroxylation sites is 1. The van der Waals surface area contributed by atoms with Crippen LogP contribution >= 0.6 is 0 Å². The first-order valence-electron chi connectivity index (χ1n) is 4.22. The topological polar surface area (TPSA) is 58.9 Å². The smallest absolute Gasteiger partial charge is 0.261 e. The van der Waals surface area contributed by atoms with E-state index in [0.29, 0.717) is 11.0 Å². The van der Waals surface area contributed by atoms with Crippen molar-refractivity contribution in [2.75, 3.05) is 0 Å². The second-order valence-electron chi connectivity index (χ2n) is 3.07. The number of rotatable bonds is 0. The van der Waals surface area contributed by atoms with Crippen molar-refractivity contribution in [2.45, 2.75) is 0 Å². The van der Waals surface area contributed by atoms with Crippen molar-refractivity contribution in [3.8, 4) is 0 Å². The number of nitrogens with one attached hydrogen (secondary N) is 1. The summed E-state index contributed by atoms with van der Waals surface area (Å²) in [5.74, 6) is 0. The Kier molecular flexibility index (Phi) is 1.28. The second kappa shape index (κ2) is 2.45. The monoisotopic (exact) mass is 186 g/mol. The van der Waals surface area contributed by atoms with Crippen LogP contribution in [0.1, 0.15) is 0 Å². The molecule has 3 rings (SSSR count). The number of fused-ring (bicyclic) bond motifs is 3. The molecule has 0 aliphatic rings. The van der Waals surface area contributed by atoms with Gasteiger partial charge in [-0.15, -0.1) is 0 Å². The van der Waals surface area contributed by atoms with Gasteiger partial charge in [-0.3, -0.25) is 4.79 Å². The van der Waals surface area contributed by atoms with Crippen LogP contribution in [-0.2, 0) is 0 Å². The van der Waals surface area contributed by atoms with Gasteiger partial charge in [0.2, 0.25) is 0 Å². The van der Waals surface area contributed by atoms with Crippen LogP contribution in [0.5, 0.6) is 0 Å². The van der Waals surface area contributed by atoms with Crippen LogP contribution in [0.2, 0.25) is 0 Å². The summed E-state index contributed by atoms with van der Waals surface area (Å²) in [6, 6.07) is 7.47. The van der Waals surface area contributed by atoms with E-state index in [9.17, 15) is 4.79 Å². The standard InChI is InChI=1S/C10H6N2O2/c13-10-7-5-11-14-9(7)6-3-1-2-4-8(6)12-10/h1-5H,(H,12,13). The highest BCUT2D eigenvalue weighted by Crippen LogP contribution is 2.19. The summed E-state index contributed by atoms with van der Waals surface area (Å²) < 4.78 is 5.04. The van der Waals surface area contributed by atoms with Crippen molar-refractivity contribution in [3.05, 3.63) is 40.8 Å². The first kappa shape index (κ1) is 7.32. The summed E-state index contributed by atoms with van der Waals surface area (Å²) in [5.41, 5.74) is 1.14. The molecule has 0 bridgehead atoms. The minimum absolute atomic E-state index is 0.167. The van der Waals surface area contributed by atoms with E-state index in [1.807, 2.05) is 24.3 Å². The molecule has 0 atom stereocenters. The molecular weight excluding hydrogens is 180 g/mol. The van der Waals surface area contributed by atoms with Gasteiger partial charge in [0.25, 0.3) is 5.56 Å². The highest BCUT2D eigenvalue weighted by molar-refractivity contribution is 6.01. The van der Waals surface area contributed by atoms with Crippen molar-refractivity contribution < 1.29 is 4.52 Å². The summed E-state index contributed by atoms with van der Waals surface area (Å²) in [6.45, 7) is 0. The Hall–Kier alpha value is -2.10. The van der Waals surface area contributed by atoms with Gasteiger partial charge in [0, 0.05) is 5.39 Å². The molecule has 0 aliphatic heterocycles. The number of benzene rings is 1. The summed E-state index contributed by atoms with van der Waals surface area (Å²) >= 11 is 0. The molecule has 14 heavy (non-hydrogen) atoms. The number of aromatic amines is 1. The molecule has 0 saturated heterocycles. The lowest BCUT2D eigenvalue weighted by molar-refractivity contribution is 0.458. The fourth-order valence-electron chi connectivity index (χ4n) is 1.58. The third-order valence-electron chi connectivity index (χ3n) is 2.23. The zero-order chi connectivity index (χ0) is 9.54. The zero-order valence-electron chi connectivity index (χ0n) is 7.15. The average Bonchev–Trinajstić information content (AvgIpc) is 2.67. The predicted molar refractivity (Wildman–Crippen MR) is 52.1 cm³/mol. The van der Waals surface area contributed by atoms with Crippen molar-refractivity contribution in [2.24, 2.45) is 0 Å². The van der Waals surface area contributed by atoms with Crippen molar-refractivity contribution >= 4 is 21.9 Å². The van der Waals surface area contributed by atoms with Crippen LogP contribution in [0.15, 0.2) is 39.8 Å². The molecule has 68 valence electrons. The van der Waals surface area contributed by atoms with Crippen LogP contribution in [-0.4, -0.2) is 10.1 Å². The van der Waals surface area contributed by atoms with E-state index in [-0.39, 0.29) is 5.56 Å². The first-order valence-corrected chi connectivity index (χ1v) is 4.22. The molecule has 0 spiro atoms. The number of nitrogens with zero attached hydrogens (tertiary/aromatic N) is 1. The fraction of sp³-hybridized carbons (Fsp3) is 0. The van der Waals surface area contributed by atoms with Crippen LogP contribution in [0.25, 0.3) is 21.9 Å². The summed E-state index contributed by atoms with van der Waals surface area (Å²) in [6.07, 6.45) is 1.43. The Balaban J connectivity index is 2.73. The van der Waals surface area contributed by atoms with Crippen molar-refractivity contribution in [3.63, 3.8) is 0 Å². The van der Waals surface area contributed by atoms with Crippen LogP contribution in [0.4, 0.5) is 0 Å². The molecule has 0 amide bonds. The van der Waals surface area contributed by atoms with Gasteiger partial charge >= 0.3 is 0 Å². The maximum Gasteiger partial charge on any atom is 0.261 e. The van der Waals surface area contributed by atoms with Gasteiger partial charge in [0.1, 0.15) is 5.39 Å². The third kappa shape index (κ3) is 0.821. The molecule has 0 unspecified atom stereocenters. The molecule has 0 saturated carbocycles. The van der Waals surface area contributed by atoms with E-state index >= 15 is 0 Å². The molecule has 1 aromatic carbocycles. The van der Waals surface area contributed by atoms with Crippen molar-refractivity contribution in [1.82, 2.24) is 10.1 Å². The van der Waals surface area contributed by atoms with Crippen LogP contribution < -0.4 is 5.56 Å². The number of H-pyrrole nitrogens is 1. The molecule has 0 aliphatic carbocycles. The van der Waals surface area contributed by atoms with Gasteiger partial charge in [-0.05, 0) is 12.1 Å². The molecule has 4 nitrogen and oxygen atoms in total. The maximum atomic E-state index is 11.5. The van der Waals surface area contributed by atoms with Gasteiger partial charge < -0.3 is 9.51 Å². The second-order valence-corrected chi connectivity index (χ2v) is 3.07. The highest BCUT2D eigenvalue weighted by Gasteiger charge is 2.07. The molecular formula is C10H6N2O2. The van der Waals surface area contributed by atoms with Crippen LogP contribution in [0.3, 0.4) is 0 Å². The maximum absolute atomic E-state index is 11.5. The normalized spacial score (nSPS) is 11.1. The van der Waals surface area contributed by atoms with Crippen molar-refractivity contribution in [1.29, 1.82) is 0 Å². The minimum atomic E-state index is -0.167. The number of hydrogen-bond acceptors (Lipinski definition) is 3. The molecule has 3 aromatic rings. The zero-order valence-corrected chi connectivity index (χ0v) is 7.15. The number of pyridine rings is 1. The van der Waals surface area contributed by atoms with E-state index < -0.39 is 0 Å². The van der Waals surface area contributed by atoms with Crippen LogP contribution in [0, 0.1) is 0 Å². The molecule has 0 fully saturated rings. The molecule has 2 heterocycles. The summed E-state index contributed by atoms with van der Waals surface area (Å²) in [4.78, 5) is 14.3. The lowest BCUT2D eigenvalue weighted by Gasteiger charge is -1.95. The number of aromatic nitrogens is 2. The van der Waals surface area contributed by atoms with Gasteiger partial charge in [-0.2, -0.15) is 0 Å². The van der Waals surface area contributed by atoms with Gasteiger partial charge in [-0.1, -0.05) is 17.3 Å². The Morgan fingerprint density at radius 2 is 2.07 bits per heavy atom. The van der Waals surface area contributed by atoms with Gasteiger partial charge in [0.05, 0.1) is 11.7 Å². The van der Waals surface area contributed by atoms with E-state index in [0.717, 1.165) is 10.9 Å². The fourth-order valence-corrected chi connectivity index (χ4v) is 1.58. The largest absolute Gasteiger partial charge is 0.355 e. The average molecular weight is 186 g/mol. The molecule has 0 radical (unpaired) electrons. The Morgan fingerprint density at radius 1 is 1.21 bits per heavy atom. The van der Waals surface area contributed by atoms with E-state index in [1.54, 1.807) is 0 Å². The lowest BCUT2D eigenvalue weighted by atomic mass is 10.2. The summed E-state index contributed by atoms with van der Waals surface area (Å²) in [7, 11) is 0. The van der Waals surface area contributed by atoms with E-state index in [2.05, 4.69) is 10.1 Å². The Bertz CT molecular complexity index is 666.